The summed E-state index contributed by atoms with van der Waals surface area (Å²) in [4.78, 5) is 44.2. The van der Waals surface area contributed by atoms with Gasteiger partial charge in [-0.15, -0.1) is 5.10 Å². The van der Waals surface area contributed by atoms with Gasteiger partial charge in [-0.3, -0.25) is 14.2 Å². The van der Waals surface area contributed by atoms with Crippen molar-refractivity contribution in [1.29, 1.82) is 0 Å². The summed E-state index contributed by atoms with van der Waals surface area (Å²) in [6.45, 7) is 2.08. The number of carbonyl (C=O) groups is 1. The van der Waals surface area contributed by atoms with E-state index in [0.29, 0.717) is 30.1 Å². The number of benzene rings is 2. The number of aromatic amines is 1. The zero-order valence-corrected chi connectivity index (χ0v) is 23.6. The van der Waals surface area contributed by atoms with E-state index in [1.54, 1.807) is 0 Å². The first-order chi connectivity index (χ1) is 20.5. The fraction of sp³-hybridized carbons (Fsp3) is 0.367. The third kappa shape index (κ3) is 4.93. The van der Waals surface area contributed by atoms with Crippen LogP contribution in [0, 0.1) is 0 Å². The van der Waals surface area contributed by atoms with Crippen LogP contribution >= 0.6 is 0 Å². The van der Waals surface area contributed by atoms with Crippen molar-refractivity contribution in [2.24, 2.45) is 0 Å². The van der Waals surface area contributed by atoms with E-state index in [1.807, 2.05) is 60.0 Å². The van der Waals surface area contributed by atoms with E-state index < -0.39 is 23.8 Å². The minimum Gasteiger partial charge on any atom is -0.468 e. The van der Waals surface area contributed by atoms with Crippen LogP contribution in [0.15, 0.2) is 58.1 Å². The molecule has 0 radical (unpaired) electrons. The Hall–Kier alpha value is -4.87. The molecule has 0 amide bonds. The van der Waals surface area contributed by atoms with Crippen LogP contribution < -0.4 is 11.2 Å². The van der Waals surface area contributed by atoms with Gasteiger partial charge in [-0.2, -0.15) is 0 Å². The van der Waals surface area contributed by atoms with Gasteiger partial charge in [0.05, 0.1) is 7.11 Å². The molecule has 0 unspecified atom stereocenters. The van der Waals surface area contributed by atoms with Gasteiger partial charge in [-0.1, -0.05) is 67.8 Å². The topological polar surface area (TPSA) is 143 Å². The van der Waals surface area contributed by atoms with Gasteiger partial charge in [-0.25, -0.2) is 19.4 Å². The van der Waals surface area contributed by atoms with Gasteiger partial charge in [0.15, 0.2) is 17.0 Å². The molecule has 42 heavy (non-hydrogen) atoms. The molecule has 12 heteroatoms. The SMILES string of the molecule is CCn1c(=O)n(CC(=O)OC)c(=O)c2c1nc(C1CCCCC1)n2Cc1ccc(-c2ccccc2-c2nnn[nH]2)cc1. The van der Waals surface area contributed by atoms with E-state index in [4.69, 9.17) is 9.72 Å². The Bertz CT molecular complexity index is 1850. The van der Waals surface area contributed by atoms with Gasteiger partial charge < -0.3 is 9.30 Å². The predicted octanol–water partition coefficient (Wildman–Crippen LogP) is 3.50. The normalized spacial score (nSPS) is 14.0. The third-order valence-electron chi connectivity index (χ3n) is 8.08. The standard InChI is InChI=1S/C30H32N8O4/c1-3-36-28-25(29(40)38(30(36)41)18-24(39)42-2)37(27(31-28)21-9-5-4-6-10-21)17-19-13-15-20(16-14-19)22-11-7-8-12-23(22)26-32-34-35-33-26/h7-8,11-16,21H,3-6,9-10,17-18H2,1-2H3,(H,32,33,34,35). The summed E-state index contributed by atoms with van der Waals surface area (Å²) in [5, 5.41) is 14.3. The molecule has 0 saturated heterocycles. The minimum absolute atomic E-state index is 0.182. The lowest BCUT2D eigenvalue weighted by atomic mass is 9.88. The van der Waals surface area contributed by atoms with Crippen molar-refractivity contribution >= 4 is 17.1 Å². The molecule has 1 aliphatic rings. The molecule has 1 fully saturated rings. The van der Waals surface area contributed by atoms with Crippen LogP contribution in [0.1, 0.15) is 56.3 Å². The second-order valence-electron chi connectivity index (χ2n) is 10.5. The highest BCUT2D eigenvalue weighted by atomic mass is 16.5. The fourth-order valence-corrected chi connectivity index (χ4v) is 5.94. The van der Waals surface area contributed by atoms with Crippen molar-refractivity contribution in [3.05, 3.63) is 80.8 Å². The number of rotatable bonds is 8. The Balaban J connectivity index is 1.46. The molecule has 3 heterocycles. The molecule has 6 rings (SSSR count). The number of methoxy groups -OCH3 is 1. The predicted molar refractivity (Wildman–Crippen MR) is 156 cm³/mol. The van der Waals surface area contributed by atoms with Gasteiger partial charge in [0.25, 0.3) is 5.56 Å². The molecule has 0 atom stereocenters. The maximum absolute atomic E-state index is 13.8. The molecule has 216 valence electrons. The molecule has 3 aromatic heterocycles. The van der Waals surface area contributed by atoms with Crippen molar-refractivity contribution in [2.75, 3.05) is 7.11 Å². The van der Waals surface area contributed by atoms with Crippen LogP contribution in [0.3, 0.4) is 0 Å². The highest BCUT2D eigenvalue weighted by Crippen LogP contribution is 2.34. The Morgan fingerprint density at radius 3 is 2.38 bits per heavy atom. The fourth-order valence-electron chi connectivity index (χ4n) is 5.94. The van der Waals surface area contributed by atoms with E-state index in [0.717, 1.165) is 58.3 Å². The number of tetrazole rings is 1. The summed E-state index contributed by atoms with van der Waals surface area (Å²) >= 11 is 0. The number of nitrogens with one attached hydrogen (secondary N) is 1. The van der Waals surface area contributed by atoms with Crippen LogP contribution in [0.4, 0.5) is 0 Å². The minimum atomic E-state index is -0.660. The van der Waals surface area contributed by atoms with E-state index in [-0.39, 0.29) is 5.92 Å². The van der Waals surface area contributed by atoms with Crippen LogP contribution in [0.25, 0.3) is 33.7 Å². The van der Waals surface area contributed by atoms with Crippen molar-refractivity contribution in [1.82, 2.24) is 39.3 Å². The molecule has 0 aliphatic heterocycles. The second-order valence-corrected chi connectivity index (χ2v) is 10.5. The number of fused-ring (bicyclic) bond motifs is 1. The van der Waals surface area contributed by atoms with Gasteiger partial charge >= 0.3 is 11.7 Å². The lowest BCUT2D eigenvalue weighted by molar-refractivity contribution is -0.141. The quantitative estimate of drug-likeness (QED) is 0.280. The smallest absolute Gasteiger partial charge is 0.333 e. The van der Waals surface area contributed by atoms with Crippen LogP contribution in [-0.2, 0) is 29.2 Å². The molecule has 12 nitrogen and oxygen atoms in total. The van der Waals surface area contributed by atoms with Gasteiger partial charge in [0.1, 0.15) is 12.4 Å². The number of aromatic nitrogens is 8. The molecule has 1 aliphatic carbocycles. The average molecular weight is 569 g/mol. The largest absolute Gasteiger partial charge is 0.468 e. The lowest BCUT2D eigenvalue weighted by Crippen LogP contribution is -2.42. The molecule has 0 spiro atoms. The highest BCUT2D eigenvalue weighted by Gasteiger charge is 2.27. The number of hydrogen-bond acceptors (Lipinski definition) is 8. The number of aryl methyl sites for hydroxylation is 1. The van der Waals surface area contributed by atoms with Crippen molar-refractivity contribution in [3.63, 3.8) is 0 Å². The summed E-state index contributed by atoms with van der Waals surface area (Å²) < 4.78 is 9.16. The molecule has 1 saturated carbocycles. The van der Waals surface area contributed by atoms with Gasteiger partial charge in [-0.05, 0) is 46.9 Å². The zero-order valence-electron chi connectivity index (χ0n) is 23.6. The van der Waals surface area contributed by atoms with Crippen molar-refractivity contribution in [2.45, 2.75) is 64.6 Å². The Kier molecular flexibility index (Phi) is 7.51. The Labute approximate surface area is 241 Å². The van der Waals surface area contributed by atoms with Crippen molar-refractivity contribution in [3.8, 4) is 22.5 Å². The summed E-state index contributed by atoms with van der Waals surface area (Å²) in [6, 6.07) is 16.0. The van der Waals surface area contributed by atoms with Crippen molar-refractivity contribution < 1.29 is 9.53 Å². The summed E-state index contributed by atoms with van der Waals surface area (Å²) in [6.07, 6.45) is 5.31. The number of nitrogens with zero attached hydrogens (tertiary/aromatic N) is 7. The Morgan fingerprint density at radius 1 is 0.976 bits per heavy atom. The van der Waals surface area contributed by atoms with E-state index >= 15 is 0 Å². The highest BCUT2D eigenvalue weighted by molar-refractivity contribution is 5.80. The Morgan fingerprint density at radius 2 is 1.71 bits per heavy atom. The summed E-state index contributed by atoms with van der Waals surface area (Å²) in [7, 11) is 1.24. The number of imidazole rings is 1. The number of carbonyl (C=O) groups excluding carboxylic acids is 1. The zero-order chi connectivity index (χ0) is 29.2. The van der Waals surface area contributed by atoms with E-state index in [2.05, 4.69) is 20.6 Å². The third-order valence-corrected chi connectivity index (χ3v) is 8.08. The molecule has 2 aromatic carbocycles. The first-order valence-corrected chi connectivity index (χ1v) is 14.2. The van der Waals surface area contributed by atoms with E-state index in [9.17, 15) is 14.4 Å². The van der Waals surface area contributed by atoms with Crippen LogP contribution in [0.5, 0.6) is 0 Å². The van der Waals surface area contributed by atoms with Crippen LogP contribution in [-0.4, -0.2) is 52.4 Å². The van der Waals surface area contributed by atoms with Crippen LogP contribution in [0.2, 0.25) is 0 Å². The maximum Gasteiger partial charge on any atom is 0.333 e. The maximum atomic E-state index is 13.8. The van der Waals surface area contributed by atoms with Gasteiger partial charge in [0.2, 0.25) is 0 Å². The lowest BCUT2D eigenvalue weighted by Gasteiger charge is -2.22. The molecular formula is C30H32N8O4. The molecule has 0 bridgehead atoms. The number of hydrogen-bond donors (Lipinski definition) is 1. The summed E-state index contributed by atoms with van der Waals surface area (Å²) in [5.41, 5.74) is 3.43. The molecule has 5 aromatic rings. The monoisotopic (exact) mass is 568 g/mol. The average Bonchev–Trinajstić information content (AvgIpc) is 3.69. The van der Waals surface area contributed by atoms with Gasteiger partial charge in [0, 0.05) is 24.6 Å². The molecular weight excluding hydrogens is 536 g/mol. The first kappa shape index (κ1) is 27.3. The summed E-state index contributed by atoms with van der Waals surface area (Å²) in [5.74, 6) is 0.918. The second kappa shape index (κ2) is 11.6. The first-order valence-electron chi connectivity index (χ1n) is 14.2. The molecule has 1 N–H and O–H groups in total. The number of esters is 1. The number of ether oxygens (including phenoxy) is 1. The number of H-pyrrole nitrogens is 1. The van der Waals surface area contributed by atoms with E-state index in [1.165, 1.54) is 18.1 Å².